The Morgan fingerprint density at radius 3 is 2.44 bits per heavy atom. The molecular weight excluding hydrogens is 453 g/mol. The molecule has 0 aromatic heterocycles. The largest absolute Gasteiger partial charge is 0.494 e. The molecule has 6 heteroatoms. The monoisotopic (exact) mass is 483 g/mol. The third-order valence-corrected chi connectivity index (χ3v) is 3.84. The number of rotatable bonds is 9. The van der Waals surface area contributed by atoms with Gasteiger partial charge in [0.1, 0.15) is 5.75 Å². The zero-order chi connectivity index (χ0) is 18.6. The lowest BCUT2D eigenvalue weighted by Gasteiger charge is -2.16. The van der Waals surface area contributed by atoms with Gasteiger partial charge in [-0.2, -0.15) is 0 Å². The highest BCUT2D eigenvalue weighted by Crippen LogP contribution is 2.18. The molecule has 5 nitrogen and oxygen atoms in total. The molecule has 1 atom stereocenters. The maximum Gasteiger partial charge on any atom is 0.191 e. The summed E-state index contributed by atoms with van der Waals surface area (Å²) >= 11 is 0. The van der Waals surface area contributed by atoms with E-state index >= 15 is 0 Å². The van der Waals surface area contributed by atoms with Crippen LogP contribution in [0.15, 0.2) is 59.6 Å². The quantitative estimate of drug-likeness (QED) is 0.291. The van der Waals surface area contributed by atoms with Crippen LogP contribution in [0.3, 0.4) is 0 Å². The van der Waals surface area contributed by atoms with E-state index in [0.29, 0.717) is 32.1 Å². The molecule has 2 aromatic rings. The second-order valence-corrected chi connectivity index (χ2v) is 5.96. The maximum atomic E-state index is 10.3. The number of benzene rings is 2. The van der Waals surface area contributed by atoms with E-state index in [2.05, 4.69) is 15.6 Å². The van der Waals surface area contributed by atoms with Gasteiger partial charge < -0.3 is 20.5 Å². The summed E-state index contributed by atoms with van der Waals surface area (Å²) in [4.78, 5) is 4.61. The van der Waals surface area contributed by atoms with Crippen molar-refractivity contribution < 1.29 is 9.84 Å². The molecule has 0 fully saturated rings. The Morgan fingerprint density at radius 2 is 1.74 bits per heavy atom. The Kier molecular flexibility index (Phi) is 11.5. The molecule has 2 aromatic carbocycles. The molecule has 148 valence electrons. The van der Waals surface area contributed by atoms with Crippen molar-refractivity contribution in [1.82, 2.24) is 10.6 Å². The van der Waals surface area contributed by atoms with Gasteiger partial charge in [0.05, 0.1) is 19.3 Å². The minimum absolute atomic E-state index is 0. The van der Waals surface area contributed by atoms with Gasteiger partial charge in [0.25, 0.3) is 0 Å². The number of halogens is 1. The highest BCUT2D eigenvalue weighted by molar-refractivity contribution is 14.0. The van der Waals surface area contributed by atoms with Crippen LogP contribution in [-0.2, 0) is 13.0 Å². The van der Waals surface area contributed by atoms with Crippen molar-refractivity contribution in [2.75, 3.05) is 19.7 Å². The van der Waals surface area contributed by atoms with Crippen molar-refractivity contribution >= 4 is 29.9 Å². The number of aliphatic hydroxyl groups is 1. The third kappa shape index (κ3) is 8.62. The lowest BCUT2D eigenvalue weighted by Crippen LogP contribution is -2.41. The van der Waals surface area contributed by atoms with E-state index in [-0.39, 0.29) is 24.0 Å². The molecule has 0 aliphatic carbocycles. The number of hydrogen-bond donors (Lipinski definition) is 3. The van der Waals surface area contributed by atoms with Crippen LogP contribution in [0.4, 0.5) is 0 Å². The molecule has 0 bridgehead atoms. The summed E-state index contributed by atoms with van der Waals surface area (Å²) in [5.74, 6) is 1.55. The number of hydrogen-bond acceptors (Lipinski definition) is 3. The lowest BCUT2D eigenvalue weighted by molar-refractivity contribution is 0.177. The number of aliphatic hydroxyl groups excluding tert-OH is 1. The third-order valence-electron chi connectivity index (χ3n) is 3.84. The minimum atomic E-state index is -0.475. The van der Waals surface area contributed by atoms with E-state index in [0.717, 1.165) is 23.4 Å². The number of nitrogens with one attached hydrogen (secondary N) is 2. The van der Waals surface area contributed by atoms with E-state index in [1.807, 2.05) is 68.4 Å². The van der Waals surface area contributed by atoms with Gasteiger partial charge >= 0.3 is 0 Å². The Balaban J connectivity index is 0.00000364. The van der Waals surface area contributed by atoms with Crippen molar-refractivity contribution in [3.63, 3.8) is 0 Å². The van der Waals surface area contributed by atoms with Crippen LogP contribution in [0.2, 0.25) is 0 Å². The van der Waals surface area contributed by atoms with Crippen molar-refractivity contribution in [3.8, 4) is 5.75 Å². The smallest absolute Gasteiger partial charge is 0.191 e. The van der Waals surface area contributed by atoms with Gasteiger partial charge in [0, 0.05) is 25.1 Å². The summed E-state index contributed by atoms with van der Waals surface area (Å²) < 4.78 is 5.64. The molecule has 2 rings (SSSR count). The Morgan fingerprint density at radius 1 is 1.04 bits per heavy atom. The molecular formula is C21H30IN3O2. The van der Waals surface area contributed by atoms with Crippen LogP contribution in [0.5, 0.6) is 5.75 Å². The molecule has 0 saturated carbocycles. The molecule has 0 aliphatic heterocycles. The van der Waals surface area contributed by atoms with Gasteiger partial charge in [0.15, 0.2) is 5.96 Å². The molecule has 0 aliphatic rings. The van der Waals surface area contributed by atoms with E-state index in [1.54, 1.807) is 0 Å². The molecule has 0 radical (unpaired) electrons. The average Bonchev–Trinajstić information content (AvgIpc) is 2.66. The summed E-state index contributed by atoms with van der Waals surface area (Å²) in [5, 5.41) is 16.7. The highest BCUT2D eigenvalue weighted by Gasteiger charge is 2.07. The first-order valence-corrected chi connectivity index (χ1v) is 9.17. The molecule has 0 amide bonds. The number of nitrogens with zero attached hydrogens (tertiary/aromatic N) is 1. The predicted octanol–water partition coefficient (Wildman–Crippen LogP) is 3.36. The Labute approximate surface area is 179 Å². The fourth-order valence-corrected chi connectivity index (χ4v) is 2.61. The van der Waals surface area contributed by atoms with Gasteiger partial charge in [-0.1, -0.05) is 48.5 Å². The normalized spacial score (nSPS) is 12.0. The predicted molar refractivity (Wildman–Crippen MR) is 122 cm³/mol. The molecule has 0 heterocycles. The average molecular weight is 483 g/mol. The molecule has 0 spiro atoms. The summed E-state index contributed by atoms with van der Waals surface area (Å²) in [6, 6.07) is 17.9. The minimum Gasteiger partial charge on any atom is -0.494 e. The summed E-state index contributed by atoms with van der Waals surface area (Å²) in [6.45, 7) is 6.33. The molecule has 1 unspecified atom stereocenters. The first kappa shape index (κ1) is 23.2. The van der Waals surface area contributed by atoms with Crippen molar-refractivity contribution in [3.05, 3.63) is 65.7 Å². The standard InChI is InChI=1S/C21H29N3O2.HI/c1-3-22-21(23-15-18-12-8-9-13-20(18)26-4-2)24-16-19(25)14-17-10-6-5-7-11-17;/h5-13,19,25H,3-4,14-16H2,1-2H3,(H2,22,23,24);1H. The first-order valence-electron chi connectivity index (χ1n) is 9.17. The SMILES string of the molecule is CCNC(=NCc1ccccc1OCC)NCC(O)Cc1ccccc1.I. The van der Waals surface area contributed by atoms with E-state index in [1.165, 1.54) is 0 Å². The van der Waals surface area contributed by atoms with Crippen LogP contribution in [0.25, 0.3) is 0 Å². The Bertz CT molecular complexity index is 680. The second kappa shape index (κ2) is 13.4. The molecule has 3 N–H and O–H groups in total. The summed E-state index contributed by atoms with van der Waals surface area (Å²) in [6.07, 6.45) is 0.136. The summed E-state index contributed by atoms with van der Waals surface area (Å²) in [5.41, 5.74) is 2.16. The van der Waals surface area contributed by atoms with E-state index in [4.69, 9.17) is 4.74 Å². The summed E-state index contributed by atoms with van der Waals surface area (Å²) in [7, 11) is 0. The molecule has 27 heavy (non-hydrogen) atoms. The lowest BCUT2D eigenvalue weighted by atomic mass is 10.1. The van der Waals surface area contributed by atoms with Gasteiger partial charge in [0.2, 0.25) is 0 Å². The maximum absolute atomic E-state index is 10.3. The number of ether oxygens (including phenoxy) is 1. The van der Waals surface area contributed by atoms with Gasteiger partial charge in [-0.25, -0.2) is 4.99 Å². The van der Waals surface area contributed by atoms with Crippen molar-refractivity contribution in [2.24, 2.45) is 4.99 Å². The number of aliphatic imine (C=N–C) groups is 1. The fourth-order valence-electron chi connectivity index (χ4n) is 2.61. The fraction of sp³-hybridized carbons (Fsp3) is 0.381. The van der Waals surface area contributed by atoms with E-state index in [9.17, 15) is 5.11 Å². The van der Waals surface area contributed by atoms with Crippen molar-refractivity contribution in [1.29, 1.82) is 0 Å². The van der Waals surface area contributed by atoms with E-state index < -0.39 is 6.10 Å². The zero-order valence-corrected chi connectivity index (χ0v) is 18.4. The number of para-hydroxylation sites is 1. The van der Waals surface area contributed by atoms with Crippen LogP contribution in [-0.4, -0.2) is 36.9 Å². The van der Waals surface area contributed by atoms with Gasteiger partial charge in [-0.05, 0) is 25.5 Å². The highest BCUT2D eigenvalue weighted by atomic mass is 127. The van der Waals surface area contributed by atoms with Crippen LogP contribution < -0.4 is 15.4 Å². The second-order valence-electron chi connectivity index (χ2n) is 5.96. The first-order chi connectivity index (χ1) is 12.7. The Hall–Kier alpha value is -1.80. The van der Waals surface area contributed by atoms with Crippen LogP contribution in [0, 0.1) is 0 Å². The number of guanidine groups is 1. The van der Waals surface area contributed by atoms with Gasteiger partial charge in [-0.3, -0.25) is 0 Å². The topological polar surface area (TPSA) is 65.9 Å². The van der Waals surface area contributed by atoms with Crippen LogP contribution in [0.1, 0.15) is 25.0 Å². The van der Waals surface area contributed by atoms with Gasteiger partial charge in [-0.15, -0.1) is 24.0 Å². The molecule has 0 saturated heterocycles. The van der Waals surface area contributed by atoms with Crippen LogP contribution >= 0.6 is 24.0 Å². The zero-order valence-electron chi connectivity index (χ0n) is 16.0. The van der Waals surface area contributed by atoms with Crippen molar-refractivity contribution in [2.45, 2.75) is 32.9 Å².